The van der Waals surface area contributed by atoms with E-state index >= 15 is 22.0 Å². The van der Waals surface area contributed by atoms with Crippen LogP contribution in [0.25, 0.3) is 0 Å². The van der Waals surface area contributed by atoms with E-state index in [1.165, 1.54) is 0 Å². The average molecular weight is 837 g/mol. The molecule has 2 aromatic carbocycles. The van der Waals surface area contributed by atoms with E-state index < -0.39 is 70.8 Å². The van der Waals surface area contributed by atoms with E-state index in [1.54, 1.807) is 0 Å². The van der Waals surface area contributed by atoms with Gasteiger partial charge in [-0.25, -0.2) is 17.6 Å². The molecule has 8 bridgehead atoms. The second kappa shape index (κ2) is 14.0. The maximum Gasteiger partial charge on any atom is 0.280 e. The van der Waals surface area contributed by atoms with Crippen LogP contribution < -0.4 is 21.3 Å². The molecule has 12 heteroatoms. The normalized spacial score (nSPS) is 43.1. The molecule has 10 fully saturated rings. The molecular formula is C48H61F5N4O3. The number of hydrogen-bond donors (Lipinski definition) is 4. The number of piperidine rings is 2. The van der Waals surface area contributed by atoms with Crippen molar-refractivity contribution >= 4 is 11.8 Å². The van der Waals surface area contributed by atoms with Gasteiger partial charge in [-0.15, -0.1) is 0 Å². The van der Waals surface area contributed by atoms with Gasteiger partial charge in [0.1, 0.15) is 0 Å². The van der Waals surface area contributed by atoms with Crippen molar-refractivity contribution in [1.29, 1.82) is 0 Å². The van der Waals surface area contributed by atoms with E-state index in [9.17, 15) is 9.59 Å². The molecule has 326 valence electrons. The Kier molecular flexibility index (Phi) is 9.52. The van der Waals surface area contributed by atoms with Crippen molar-refractivity contribution in [2.24, 2.45) is 27.6 Å². The Labute approximate surface area is 350 Å². The summed E-state index contributed by atoms with van der Waals surface area (Å²) in [6.45, 7) is 2.37. The van der Waals surface area contributed by atoms with Gasteiger partial charge in [0.2, 0.25) is 11.8 Å². The number of halogens is 5. The molecule has 7 nitrogen and oxygen atoms in total. The van der Waals surface area contributed by atoms with Crippen LogP contribution in [0.15, 0.2) is 54.6 Å². The van der Waals surface area contributed by atoms with Crippen LogP contribution in [0, 0.1) is 27.6 Å². The van der Waals surface area contributed by atoms with Crippen LogP contribution in [0.1, 0.15) is 114 Å². The lowest BCUT2D eigenvalue weighted by atomic mass is 9.33. The molecule has 0 spiro atoms. The summed E-state index contributed by atoms with van der Waals surface area (Å²) in [7, 11) is 0. The topological polar surface area (TPSA) is 91.5 Å². The van der Waals surface area contributed by atoms with E-state index in [2.05, 4.69) is 57.7 Å². The van der Waals surface area contributed by atoms with Crippen LogP contribution in [-0.4, -0.2) is 81.8 Å². The fourth-order valence-electron chi connectivity index (χ4n) is 16.2. The predicted molar refractivity (Wildman–Crippen MR) is 218 cm³/mol. The van der Waals surface area contributed by atoms with Crippen molar-refractivity contribution in [2.75, 3.05) is 46.1 Å². The van der Waals surface area contributed by atoms with Crippen molar-refractivity contribution in [3.05, 3.63) is 71.3 Å². The molecule has 12 rings (SSSR count). The molecule has 2 aliphatic heterocycles. The van der Waals surface area contributed by atoms with Crippen LogP contribution in [-0.2, 0) is 30.6 Å². The highest BCUT2D eigenvalue weighted by molar-refractivity contribution is 5.85. The minimum atomic E-state index is -3.09. The maximum absolute atomic E-state index is 15.9. The predicted octanol–water partition coefficient (Wildman–Crippen LogP) is 7.66. The largest absolute Gasteiger partial charge is 0.381 e. The number of nitrogens with one attached hydrogen (secondary N) is 4. The summed E-state index contributed by atoms with van der Waals surface area (Å²) in [4.78, 5) is 29.2. The summed E-state index contributed by atoms with van der Waals surface area (Å²) < 4.78 is 82.6. The van der Waals surface area contributed by atoms with E-state index in [-0.39, 0.29) is 41.4 Å². The lowest BCUT2D eigenvalue weighted by molar-refractivity contribution is -0.175. The number of benzene rings is 2. The molecule has 0 radical (unpaired) electrons. The number of ether oxygens (including phenoxy) is 1. The van der Waals surface area contributed by atoms with Crippen molar-refractivity contribution < 1.29 is 36.3 Å². The van der Waals surface area contributed by atoms with Crippen molar-refractivity contribution in [3.8, 4) is 0 Å². The summed E-state index contributed by atoms with van der Waals surface area (Å²) >= 11 is 0. The first-order valence-electron chi connectivity index (χ1n) is 22.6. The third-order valence-corrected chi connectivity index (χ3v) is 17.3. The summed E-state index contributed by atoms with van der Waals surface area (Å²) in [5, 5.41) is 11.3. The number of alkyl halides is 5. The smallest absolute Gasteiger partial charge is 0.280 e. The van der Waals surface area contributed by atoms with Gasteiger partial charge in [-0.2, -0.15) is 0 Å². The van der Waals surface area contributed by atoms with Crippen molar-refractivity contribution in [2.45, 2.75) is 137 Å². The molecule has 60 heavy (non-hydrogen) atoms. The molecule has 10 aliphatic rings. The zero-order valence-corrected chi connectivity index (χ0v) is 34.9. The number of rotatable bonds is 11. The van der Waals surface area contributed by atoms with Gasteiger partial charge in [-0.3, -0.25) is 14.0 Å². The standard InChI is InChI=1S/C48H61F5N4O3/c1-2-60-31-40-16-32-17-42(19-40,24-43(18-32,20-40)38(58)56-36-12-14-54-29-47(36,50)51)34-8-10-35(11-9-34)45-22-41(28-49)21-44(25-45,33-6-4-3-5-7-33)26-46(23-41,27-45)39(59)57-37-13-15-55-30-48(37,52)53/h3-11,32,36-37,54-55H,2,12-31H2,1H3,(H,56,58)(H,57,59)/t32?,36?,37?,40-,41+,42+,43?,44-,45?,46?/m0/s1. The van der Waals surface area contributed by atoms with Gasteiger partial charge >= 0.3 is 0 Å². The zero-order valence-electron chi connectivity index (χ0n) is 34.9. The van der Waals surface area contributed by atoms with Crippen molar-refractivity contribution in [3.63, 3.8) is 0 Å². The van der Waals surface area contributed by atoms with E-state index in [4.69, 9.17) is 4.74 Å². The zero-order chi connectivity index (χ0) is 41.9. The molecule has 2 amide bonds. The van der Waals surface area contributed by atoms with Gasteiger partial charge in [0, 0.05) is 12.0 Å². The molecule has 10 atom stereocenters. The first kappa shape index (κ1) is 41.0. The van der Waals surface area contributed by atoms with Gasteiger partial charge in [0.15, 0.2) is 0 Å². The van der Waals surface area contributed by atoms with E-state index in [1.807, 2.05) is 25.1 Å². The summed E-state index contributed by atoms with van der Waals surface area (Å²) in [6, 6.07) is 16.4. The molecule has 2 heterocycles. The highest BCUT2D eigenvalue weighted by atomic mass is 19.3. The Balaban J connectivity index is 1.01. The van der Waals surface area contributed by atoms with Crippen LogP contribution >= 0.6 is 0 Å². The number of carbonyl (C=O) groups is 2. The molecule has 4 N–H and O–H groups in total. The maximum atomic E-state index is 15.9. The van der Waals surface area contributed by atoms with Crippen molar-refractivity contribution in [1.82, 2.24) is 21.3 Å². The lowest BCUT2D eigenvalue weighted by Crippen LogP contribution is -2.69. The van der Waals surface area contributed by atoms with Crippen LogP contribution in [0.2, 0.25) is 0 Å². The lowest BCUT2D eigenvalue weighted by Gasteiger charge is -2.70. The quantitative estimate of drug-likeness (QED) is 0.175. The van der Waals surface area contributed by atoms with Gasteiger partial charge in [0.25, 0.3) is 11.8 Å². The molecule has 8 aliphatic carbocycles. The Morgan fingerprint density at radius 2 is 1.15 bits per heavy atom. The molecule has 6 unspecified atom stereocenters. The van der Waals surface area contributed by atoms with Gasteiger partial charge in [0.05, 0.1) is 49.3 Å². The third kappa shape index (κ3) is 6.40. The molecule has 0 aromatic heterocycles. The Hall–Kier alpha value is -3.09. The van der Waals surface area contributed by atoms with E-state index in [0.717, 1.165) is 42.4 Å². The first-order chi connectivity index (χ1) is 28.6. The van der Waals surface area contributed by atoms with E-state index in [0.29, 0.717) is 77.7 Å². The Morgan fingerprint density at radius 1 is 0.633 bits per heavy atom. The molecule has 8 saturated carbocycles. The second-order valence-electron chi connectivity index (χ2n) is 21.7. The molecular weight excluding hydrogens is 776 g/mol. The van der Waals surface area contributed by atoms with Crippen LogP contribution in [0.4, 0.5) is 22.0 Å². The molecule has 2 aromatic rings. The molecule has 2 saturated heterocycles. The fraction of sp³-hybridized carbons (Fsp3) is 0.708. The number of carbonyl (C=O) groups excluding carboxylic acids is 2. The summed E-state index contributed by atoms with van der Waals surface area (Å²) in [5.41, 5.74) is -1.01. The van der Waals surface area contributed by atoms with Crippen LogP contribution in [0.3, 0.4) is 0 Å². The first-order valence-corrected chi connectivity index (χ1v) is 22.6. The van der Waals surface area contributed by atoms with Crippen LogP contribution in [0.5, 0.6) is 0 Å². The van der Waals surface area contributed by atoms with Gasteiger partial charge in [-0.05, 0) is 154 Å². The second-order valence-corrected chi connectivity index (χ2v) is 21.7. The third-order valence-electron chi connectivity index (χ3n) is 17.3. The monoisotopic (exact) mass is 836 g/mol. The summed E-state index contributed by atoms with van der Waals surface area (Å²) in [6.07, 6.45) is 8.15. The minimum Gasteiger partial charge on any atom is -0.381 e. The summed E-state index contributed by atoms with van der Waals surface area (Å²) in [5.74, 6) is -6.48. The Morgan fingerprint density at radius 3 is 1.72 bits per heavy atom. The highest BCUT2D eigenvalue weighted by Crippen LogP contribution is 2.75. The minimum absolute atomic E-state index is 0.126. The highest BCUT2D eigenvalue weighted by Gasteiger charge is 2.72. The van der Waals surface area contributed by atoms with Gasteiger partial charge in [-0.1, -0.05) is 54.6 Å². The fourth-order valence-corrected chi connectivity index (χ4v) is 16.2. The SMILES string of the molecule is CCOC[C@]12CC3CC(C(=O)NC4CCNCC4(F)F)(C1)C[C@@](c1ccc(C45CC6(C(=O)NC7CCNCC7(F)F)C[C@](CF)(C4)C[C@@](c4ccccc4)(C6)C5)cc1)(C3)C2. The Bertz CT molecular complexity index is 2010. The number of amides is 2. The number of hydrogen-bond acceptors (Lipinski definition) is 5. The average Bonchev–Trinajstić information content (AvgIpc) is 3.21. The van der Waals surface area contributed by atoms with Gasteiger partial charge < -0.3 is 26.0 Å².